The maximum atomic E-state index is 10.4. The lowest BCUT2D eigenvalue weighted by atomic mass is 10.4. The van der Waals surface area contributed by atoms with Gasteiger partial charge in [0.2, 0.25) is 0 Å². The molecule has 0 aromatic carbocycles. The Balaban J connectivity index is 3.81. The number of hydrogen-bond acceptors (Lipinski definition) is 4. The minimum Gasteiger partial charge on any atom is -0.327 e. The molecule has 0 aromatic heterocycles. The molecule has 0 rings (SSSR count). The number of nitrogens with one attached hydrogen (secondary N) is 1. The van der Waals surface area contributed by atoms with Crippen LogP contribution < -0.4 is 11.1 Å². The minimum atomic E-state index is -3.97. The van der Waals surface area contributed by atoms with Crippen molar-refractivity contribution in [3.05, 3.63) is 0 Å². The van der Waals surface area contributed by atoms with Gasteiger partial charge in [-0.25, -0.2) is 0 Å². The minimum absolute atomic E-state index is 0.126. The molecule has 5 nitrogen and oxygen atoms in total. The molecule has 0 aliphatic rings. The first-order chi connectivity index (χ1) is 4.84. The van der Waals surface area contributed by atoms with Gasteiger partial charge in [-0.05, 0) is 13.8 Å². The van der Waals surface area contributed by atoms with Gasteiger partial charge in [-0.15, -0.1) is 0 Å². The van der Waals surface area contributed by atoms with Gasteiger partial charge < -0.3 is 5.73 Å². The van der Waals surface area contributed by atoms with Gasteiger partial charge in [0.25, 0.3) is 10.1 Å². The van der Waals surface area contributed by atoms with Crippen LogP contribution in [0.4, 0.5) is 0 Å². The van der Waals surface area contributed by atoms with E-state index in [4.69, 9.17) is 10.3 Å². The van der Waals surface area contributed by atoms with Crippen molar-refractivity contribution in [2.24, 2.45) is 5.73 Å². The summed E-state index contributed by atoms with van der Waals surface area (Å²) in [6.45, 7) is 3.46. The average molecular weight is 182 g/mol. The second-order valence-corrected chi connectivity index (χ2v) is 4.28. The summed E-state index contributed by atoms with van der Waals surface area (Å²) in [7, 11) is -3.97. The van der Waals surface area contributed by atoms with Crippen molar-refractivity contribution in [1.82, 2.24) is 5.32 Å². The fourth-order valence-electron chi connectivity index (χ4n) is 0.457. The predicted octanol–water partition coefficient (Wildman–Crippen LogP) is -0.843. The Hall–Kier alpha value is -0.170. The van der Waals surface area contributed by atoms with E-state index in [2.05, 4.69) is 5.32 Å². The first kappa shape index (κ1) is 10.8. The summed E-state index contributed by atoms with van der Waals surface area (Å²) >= 11 is 0. The number of rotatable bonds is 4. The van der Waals surface area contributed by atoms with Crippen LogP contribution >= 0.6 is 0 Å². The molecule has 11 heavy (non-hydrogen) atoms. The van der Waals surface area contributed by atoms with Crippen molar-refractivity contribution in [2.75, 3.05) is 6.54 Å². The van der Waals surface area contributed by atoms with Crippen molar-refractivity contribution in [3.8, 4) is 0 Å². The maximum Gasteiger partial charge on any atom is 0.280 e. The Kier molecular flexibility index (Phi) is 3.95. The van der Waals surface area contributed by atoms with Crippen LogP contribution in [0, 0.1) is 0 Å². The van der Waals surface area contributed by atoms with Crippen LogP contribution in [-0.4, -0.2) is 30.9 Å². The molecule has 0 saturated carbocycles. The molecular weight excluding hydrogens is 168 g/mol. The van der Waals surface area contributed by atoms with Gasteiger partial charge in [-0.2, -0.15) is 8.42 Å². The predicted molar refractivity (Wildman–Crippen MR) is 42.7 cm³/mol. The van der Waals surface area contributed by atoms with Crippen LogP contribution in [0.15, 0.2) is 0 Å². The lowest BCUT2D eigenvalue weighted by molar-refractivity contribution is 0.452. The highest BCUT2D eigenvalue weighted by Crippen LogP contribution is 1.91. The first-order valence-electron chi connectivity index (χ1n) is 3.29. The molecule has 4 N–H and O–H groups in total. The zero-order chi connectivity index (χ0) is 9.07. The zero-order valence-corrected chi connectivity index (χ0v) is 7.43. The van der Waals surface area contributed by atoms with Crippen LogP contribution in [0.3, 0.4) is 0 Å². The van der Waals surface area contributed by atoms with Crippen molar-refractivity contribution in [2.45, 2.75) is 25.3 Å². The second-order valence-electron chi connectivity index (χ2n) is 2.54. The molecule has 0 aromatic rings. The molecule has 0 amide bonds. The van der Waals surface area contributed by atoms with E-state index in [1.807, 2.05) is 0 Å². The van der Waals surface area contributed by atoms with Crippen molar-refractivity contribution < 1.29 is 13.0 Å². The third-order valence-corrected chi connectivity index (χ3v) is 2.23. The van der Waals surface area contributed by atoms with E-state index in [9.17, 15) is 8.42 Å². The molecule has 0 aliphatic carbocycles. The maximum absolute atomic E-state index is 10.4. The molecule has 0 fully saturated rings. The van der Waals surface area contributed by atoms with Gasteiger partial charge in [0.05, 0.1) is 0 Å². The van der Waals surface area contributed by atoms with Gasteiger partial charge in [0, 0.05) is 12.6 Å². The number of nitrogens with two attached hydrogens (primary N) is 1. The molecule has 2 unspecified atom stereocenters. The van der Waals surface area contributed by atoms with Crippen LogP contribution in [0.25, 0.3) is 0 Å². The molecule has 0 heterocycles. The van der Waals surface area contributed by atoms with Gasteiger partial charge in [-0.3, -0.25) is 9.87 Å². The quantitative estimate of drug-likeness (QED) is 0.493. The SMILES string of the molecule is CC(N)CNC(C)S(=O)(=O)O. The molecule has 68 valence electrons. The molecular formula is C5H14N2O3S. The van der Waals surface area contributed by atoms with Crippen molar-refractivity contribution in [1.29, 1.82) is 0 Å². The lowest BCUT2D eigenvalue weighted by Crippen LogP contribution is -2.40. The topological polar surface area (TPSA) is 92.4 Å². The van der Waals surface area contributed by atoms with E-state index in [1.54, 1.807) is 6.92 Å². The van der Waals surface area contributed by atoms with E-state index in [0.717, 1.165) is 0 Å². The van der Waals surface area contributed by atoms with E-state index >= 15 is 0 Å². The van der Waals surface area contributed by atoms with Crippen molar-refractivity contribution >= 4 is 10.1 Å². The van der Waals surface area contributed by atoms with Gasteiger partial charge in [0.1, 0.15) is 5.37 Å². The highest BCUT2D eigenvalue weighted by Gasteiger charge is 2.15. The summed E-state index contributed by atoms with van der Waals surface area (Å²) < 4.78 is 29.3. The molecule has 0 saturated heterocycles. The Morgan fingerprint density at radius 3 is 2.27 bits per heavy atom. The Morgan fingerprint density at radius 1 is 1.55 bits per heavy atom. The average Bonchev–Trinajstić information content (AvgIpc) is 1.80. The van der Waals surface area contributed by atoms with Gasteiger partial charge in [-0.1, -0.05) is 0 Å². The molecule has 0 aliphatic heterocycles. The molecule has 0 radical (unpaired) electrons. The molecule has 6 heteroatoms. The van der Waals surface area contributed by atoms with Crippen LogP contribution in [0.1, 0.15) is 13.8 Å². The Morgan fingerprint density at radius 2 is 2.00 bits per heavy atom. The number of hydrogen-bond donors (Lipinski definition) is 3. The smallest absolute Gasteiger partial charge is 0.280 e. The summed E-state index contributed by atoms with van der Waals surface area (Å²) in [6.07, 6.45) is 0. The van der Waals surface area contributed by atoms with Crippen molar-refractivity contribution in [3.63, 3.8) is 0 Å². The molecule has 0 spiro atoms. The van der Waals surface area contributed by atoms with Crippen LogP contribution in [0.2, 0.25) is 0 Å². The summed E-state index contributed by atoms with van der Waals surface area (Å²) in [4.78, 5) is 0. The summed E-state index contributed by atoms with van der Waals surface area (Å²) in [5.41, 5.74) is 5.35. The molecule has 0 bridgehead atoms. The summed E-state index contributed by atoms with van der Waals surface area (Å²) in [6, 6.07) is -0.126. The zero-order valence-electron chi connectivity index (χ0n) is 6.61. The fraction of sp³-hybridized carbons (Fsp3) is 1.00. The third kappa shape index (κ3) is 5.14. The Labute approximate surface area is 66.7 Å². The van der Waals surface area contributed by atoms with Crippen LogP contribution in [-0.2, 0) is 10.1 Å². The van der Waals surface area contributed by atoms with E-state index in [0.29, 0.717) is 6.54 Å². The second kappa shape index (κ2) is 4.01. The summed E-state index contributed by atoms with van der Waals surface area (Å²) in [5, 5.41) is 1.61. The van der Waals surface area contributed by atoms with E-state index in [1.165, 1.54) is 6.92 Å². The summed E-state index contributed by atoms with van der Waals surface area (Å²) in [5.74, 6) is 0. The fourth-order valence-corrected chi connectivity index (χ4v) is 0.764. The highest BCUT2D eigenvalue weighted by molar-refractivity contribution is 7.86. The van der Waals surface area contributed by atoms with Gasteiger partial charge >= 0.3 is 0 Å². The van der Waals surface area contributed by atoms with Gasteiger partial charge in [0.15, 0.2) is 0 Å². The first-order valence-corrected chi connectivity index (χ1v) is 4.79. The molecule has 2 atom stereocenters. The van der Waals surface area contributed by atoms with Crippen LogP contribution in [0.5, 0.6) is 0 Å². The normalized spacial score (nSPS) is 17.8. The van der Waals surface area contributed by atoms with E-state index in [-0.39, 0.29) is 6.04 Å². The standard InChI is InChI=1S/C5H14N2O3S/c1-4(6)3-7-5(2)11(8,9)10/h4-5,7H,3,6H2,1-2H3,(H,8,9,10). The largest absolute Gasteiger partial charge is 0.327 e. The van der Waals surface area contributed by atoms with E-state index < -0.39 is 15.5 Å². The third-order valence-electron chi connectivity index (χ3n) is 1.17. The monoisotopic (exact) mass is 182 g/mol. The Bertz CT molecular complexity index is 200. The highest BCUT2D eigenvalue weighted by atomic mass is 32.2. The lowest BCUT2D eigenvalue weighted by Gasteiger charge is -2.11.